The molecule has 0 saturated carbocycles. The molecule has 0 amide bonds. The molecule has 0 aromatic rings. The van der Waals surface area contributed by atoms with Crippen LogP contribution in [0.25, 0.3) is 0 Å². The van der Waals surface area contributed by atoms with Gasteiger partial charge in [-0.25, -0.2) is 0 Å². The quantitative estimate of drug-likeness (QED) is 0.514. The summed E-state index contributed by atoms with van der Waals surface area (Å²) in [5.74, 6) is 0.715. The SMILES string of the molecule is CCCN=C(N)N1CCN(C)C(C)C1. The number of aliphatic imine (C=N–C) groups is 1. The molecule has 1 unspecified atom stereocenters. The summed E-state index contributed by atoms with van der Waals surface area (Å²) >= 11 is 0. The lowest BCUT2D eigenvalue weighted by molar-refractivity contribution is 0.152. The molecule has 1 rings (SSSR count). The second-order valence-corrected chi connectivity index (χ2v) is 4.02. The van der Waals surface area contributed by atoms with Gasteiger partial charge < -0.3 is 15.5 Å². The molecule has 1 fully saturated rings. The Morgan fingerprint density at radius 3 is 2.79 bits per heavy atom. The summed E-state index contributed by atoms with van der Waals surface area (Å²) in [7, 11) is 2.15. The number of hydrogen-bond acceptors (Lipinski definition) is 2. The van der Waals surface area contributed by atoms with Crippen molar-refractivity contribution in [3.8, 4) is 0 Å². The molecule has 0 bridgehead atoms. The van der Waals surface area contributed by atoms with Crippen molar-refractivity contribution >= 4 is 5.96 Å². The van der Waals surface area contributed by atoms with Crippen molar-refractivity contribution in [3.05, 3.63) is 0 Å². The molecule has 0 aliphatic carbocycles. The number of nitrogens with two attached hydrogens (primary N) is 1. The monoisotopic (exact) mass is 198 g/mol. The second-order valence-electron chi connectivity index (χ2n) is 4.02. The predicted molar refractivity (Wildman–Crippen MR) is 60.4 cm³/mol. The molecular formula is C10H22N4. The van der Waals surface area contributed by atoms with E-state index in [0.717, 1.165) is 32.6 Å². The van der Waals surface area contributed by atoms with Gasteiger partial charge in [-0.3, -0.25) is 4.99 Å². The van der Waals surface area contributed by atoms with Crippen LogP contribution in [0.1, 0.15) is 20.3 Å². The lowest BCUT2D eigenvalue weighted by atomic mass is 10.2. The van der Waals surface area contributed by atoms with Gasteiger partial charge in [0.2, 0.25) is 0 Å². The first-order valence-corrected chi connectivity index (χ1v) is 5.40. The number of piperazine rings is 1. The molecule has 0 radical (unpaired) electrons. The second kappa shape index (κ2) is 5.20. The maximum absolute atomic E-state index is 5.90. The molecule has 4 heteroatoms. The van der Waals surface area contributed by atoms with Crippen molar-refractivity contribution in [2.24, 2.45) is 10.7 Å². The van der Waals surface area contributed by atoms with Gasteiger partial charge in [0.1, 0.15) is 0 Å². The minimum atomic E-state index is 0.569. The van der Waals surface area contributed by atoms with Crippen LogP contribution in [0.3, 0.4) is 0 Å². The van der Waals surface area contributed by atoms with Crippen LogP contribution in [-0.2, 0) is 0 Å². The van der Waals surface area contributed by atoms with E-state index in [1.807, 2.05) is 0 Å². The Morgan fingerprint density at radius 1 is 1.50 bits per heavy atom. The van der Waals surface area contributed by atoms with Crippen molar-refractivity contribution in [1.29, 1.82) is 0 Å². The molecule has 82 valence electrons. The highest BCUT2D eigenvalue weighted by atomic mass is 15.3. The van der Waals surface area contributed by atoms with Crippen LogP contribution < -0.4 is 5.73 Å². The molecule has 1 atom stereocenters. The summed E-state index contributed by atoms with van der Waals surface area (Å²) in [5.41, 5.74) is 5.90. The molecule has 14 heavy (non-hydrogen) atoms. The third kappa shape index (κ3) is 2.87. The average molecular weight is 198 g/mol. The summed E-state index contributed by atoms with van der Waals surface area (Å²) in [4.78, 5) is 8.86. The van der Waals surface area contributed by atoms with E-state index in [1.54, 1.807) is 0 Å². The van der Waals surface area contributed by atoms with Crippen LogP contribution in [0.4, 0.5) is 0 Å². The first-order valence-electron chi connectivity index (χ1n) is 5.40. The van der Waals surface area contributed by atoms with Crippen molar-refractivity contribution in [1.82, 2.24) is 9.80 Å². The van der Waals surface area contributed by atoms with Crippen LogP contribution in [0.5, 0.6) is 0 Å². The standard InChI is InChI=1S/C10H22N4/c1-4-5-12-10(11)14-7-6-13(3)9(2)8-14/h9H,4-8H2,1-3H3,(H2,11,12). The predicted octanol–water partition coefficient (Wildman–Crippen LogP) is 0.347. The summed E-state index contributed by atoms with van der Waals surface area (Å²) in [5, 5.41) is 0. The van der Waals surface area contributed by atoms with E-state index in [9.17, 15) is 0 Å². The number of rotatable bonds is 2. The number of nitrogens with zero attached hydrogens (tertiary/aromatic N) is 3. The smallest absolute Gasteiger partial charge is 0.191 e. The number of likely N-dealkylation sites (N-methyl/N-ethyl adjacent to an activating group) is 1. The molecule has 1 heterocycles. The maximum atomic E-state index is 5.90. The average Bonchev–Trinajstić information content (AvgIpc) is 2.18. The molecule has 1 aliphatic heterocycles. The van der Waals surface area contributed by atoms with Gasteiger partial charge in [0.05, 0.1) is 0 Å². The van der Waals surface area contributed by atoms with E-state index in [2.05, 4.69) is 35.7 Å². The molecular weight excluding hydrogens is 176 g/mol. The van der Waals surface area contributed by atoms with E-state index in [4.69, 9.17) is 5.73 Å². The normalized spacial score (nSPS) is 25.5. The van der Waals surface area contributed by atoms with Crippen molar-refractivity contribution in [3.63, 3.8) is 0 Å². The first-order chi connectivity index (χ1) is 6.65. The minimum absolute atomic E-state index is 0.569. The molecule has 0 spiro atoms. The van der Waals surface area contributed by atoms with Crippen molar-refractivity contribution < 1.29 is 0 Å². The topological polar surface area (TPSA) is 44.9 Å². The largest absolute Gasteiger partial charge is 0.370 e. The zero-order valence-electron chi connectivity index (χ0n) is 9.53. The van der Waals surface area contributed by atoms with E-state index in [0.29, 0.717) is 12.0 Å². The maximum Gasteiger partial charge on any atom is 0.191 e. The fraction of sp³-hybridized carbons (Fsp3) is 0.900. The molecule has 2 N–H and O–H groups in total. The molecule has 4 nitrogen and oxygen atoms in total. The minimum Gasteiger partial charge on any atom is -0.370 e. The third-order valence-electron chi connectivity index (χ3n) is 2.78. The molecule has 0 aromatic heterocycles. The first kappa shape index (κ1) is 11.3. The fourth-order valence-corrected chi connectivity index (χ4v) is 1.58. The van der Waals surface area contributed by atoms with Gasteiger partial charge in [-0.2, -0.15) is 0 Å². The van der Waals surface area contributed by atoms with E-state index >= 15 is 0 Å². The summed E-state index contributed by atoms with van der Waals surface area (Å²) in [6, 6.07) is 0.569. The van der Waals surface area contributed by atoms with Crippen LogP contribution in [0.15, 0.2) is 4.99 Å². The van der Waals surface area contributed by atoms with Crippen LogP contribution in [0.2, 0.25) is 0 Å². The Labute approximate surface area is 86.8 Å². The molecule has 1 saturated heterocycles. The Kier molecular flexibility index (Phi) is 4.20. The lowest BCUT2D eigenvalue weighted by Crippen LogP contribution is -2.54. The van der Waals surface area contributed by atoms with E-state index < -0.39 is 0 Å². The van der Waals surface area contributed by atoms with Gasteiger partial charge in [0.15, 0.2) is 5.96 Å². The highest BCUT2D eigenvalue weighted by molar-refractivity contribution is 5.78. The van der Waals surface area contributed by atoms with Crippen LogP contribution in [-0.4, -0.2) is 55.0 Å². The highest BCUT2D eigenvalue weighted by Crippen LogP contribution is 2.06. The number of hydrogen-bond donors (Lipinski definition) is 1. The van der Waals surface area contributed by atoms with Gasteiger partial charge >= 0.3 is 0 Å². The summed E-state index contributed by atoms with van der Waals surface area (Å²) < 4.78 is 0. The third-order valence-corrected chi connectivity index (χ3v) is 2.78. The van der Waals surface area contributed by atoms with Crippen LogP contribution >= 0.6 is 0 Å². The van der Waals surface area contributed by atoms with Crippen molar-refractivity contribution in [2.75, 3.05) is 33.2 Å². The fourth-order valence-electron chi connectivity index (χ4n) is 1.58. The Balaban J connectivity index is 2.45. The van der Waals surface area contributed by atoms with E-state index in [1.165, 1.54) is 0 Å². The van der Waals surface area contributed by atoms with Crippen molar-refractivity contribution in [2.45, 2.75) is 26.3 Å². The van der Waals surface area contributed by atoms with Gasteiger partial charge in [-0.15, -0.1) is 0 Å². The van der Waals surface area contributed by atoms with Gasteiger partial charge in [-0.05, 0) is 20.4 Å². The Hall–Kier alpha value is -0.770. The van der Waals surface area contributed by atoms with E-state index in [-0.39, 0.29) is 0 Å². The molecule has 1 aliphatic rings. The zero-order valence-corrected chi connectivity index (χ0v) is 9.53. The van der Waals surface area contributed by atoms with Gasteiger partial charge in [-0.1, -0.05) is 6.92 Å². The van der Waals surface area contributed by atoms with Gasteiger partial charge in [0.25, 0.3) is 0 Å². The summed E-state index contributed by atoms with van der Waals surface area (Å²) in [6.07, 6.45) is 1.06. The van der Waals surface area contributed by atoms with Gasteiger partial charge in [0, 0.05) is 32.2 Å². The zero-order chi connectivity index (χ0) is 10.6. The Morgan fingerprint density at radius 2 is 2.21 bits per heavy atom. The highest BCUT2D eigenvalue weighted by Gasteiger charge is 2.21. The Bertz CT molecular complexity index is 202. The summed E-state index contributed by atoms with van der Waals surface area (Å²) in [6.45, 7) is 8.24. The van der Waals surface area contributed by atoms with Crippen LogP contribution in [0, 0.1) is 0 Å². The molecule has 0 aromatic carbocycles. The number of guanidine groups is 1. The lowest BCUT2D eigenvalue weighted by Gasteiger charge is -2.38.